The van der Waals surface area contributed by atoms with Crippen molar-refractivity contribution in [2.45, 2.75) is 34.3 Å². The average molecular weight is 422 g/mol. The first kappa shape index (κ1) is 20.8. The summed E-state index contributed by atoms with van der Waals surface area (Å²) in [6.45, 7) is 10.7. The first-order valence-corrected chi connectivity index (χ1v) is 10.4. The van der Waals surface area contributed by atoms with Crippen LogP contribution in [-0.2, 0) is 6.61 Å². The van der Waals surface area contributed by atoms with Crippen molar-refractivity contribution in [2.24, 2.45) is 0 Å². The van der Waals surface area contributed by atoms with Gasteiger partial charge in [-0.1, -0.05) is 11.2 Å². The van der Waals surface area contributed by atoms with E-state index < -0.39 is 0 Å². The topological polar surface area (TPSA) is 84.6 Å². The van der Waals surface area contributed by atoms with Gasteiger partial charge in [0, 0.05) is 43.5 Å². The van der Waals surface area contributed by atoms with Gasteiger partial charge in [-0.3, -0.25) is 4.79 Å². The van der Waals surface area contributed by atoms with Gasteiger partial charge in [0.1, 0.15) is 29.8 Å². The van der Waals surface area contributed by atoms with Gasteiger partial charge in [0.05, 0.1) is 11.3 Å². The smallest absolute Gasteiger partial charge is 0.254 e. The Morgan fingerprint density at radius 1 is 1.06 bits per heavy atom. The third-order valence-corrected chi connectivity index (χ3v) is 5.49. The second kappa shape index (κ2) is 8.75. The molecule has 2 aromatic heterocycles. The summed E-state index contributed by atoms with van der Waals surface area (Å²) in [5, 5.41) is 3.95. The lowest BCUT2D eigenvalue weighted by Crippen LogP contribution is -2.49. The van der Waals surface area contributed by atoms with Gasteiger partial charge >= 0.3 is 0 Å². The predicted molar refractivity (Wildman–Crippen MR) is 116 cm³/mol. The predicted octanol–water partition coefficient (Wildman–Crippen LogP) is 3.24. The van der Waals surface area contributed by atoms with Crippen LogP contribution in [0.2, 0.25) is 0 Å². The van der Waals surface area contributed by atoms with Crippen molar-refractivity contribution in [1.29, 1.82) is 0 Å². The number of amides is 1. The van der Waals surface area contributed by atoms with E-state index in [-0.39, 0.29) is 5.91 Å². The van der Waals surface area contributed by atoms with Crippen LogP contribution >= 0.6 is 0 Å². The third kappa shape index (κ3) is 4.68. The second-order valence-corrected chi connectivity index (χ2v) is 7.81. The largest absolute Gasteiger partial charge is 0.489 e. The zero-order valence-corrected chi connectivity index (χ0v) is 18.4. The summed E-state index contributed by atoms with van der Waals surface area (Å²) >= 11 is 0. The first-order chi connectivity index (χ1) is 14.9. The van der Waals surface area contributed by atoms with Crippen LogP contribution in [0.15, 0.2) is 34.9 Å². The molecule has 0 radical (unpaired) electrons. The molecule has 4 rings (SSSR count). The number of piperazine rings is 1. The fourth-order valence-corrected chi connectivity index (χ4v) is 3.76. The van der Waals surface area contributed by atoms with Gasteiger partial charge in [-0.2, -0.15) is 0 Å². The molecule has 31 heavy (non-hydrogen) atoms. The number of carbonyl (C=O) groups is 1. The van der Waals surface area contributed by atoms with Crippen LogP contribution in [-0.4, -0.2) is 52.1 Å². The molecule has 0 aliphatic carbocycles. The second-order valence-electron chi connectivity index (χ2n) is 7.81. The number of anilines is 1. The zero-order valence-electron chi connectivity index (χ0n) is 18.4. The third-order valence-electron chi connectivity index (χ3n) is 5.49. The van der Waals surface area contributed by atoms with E-state index >= 15 is 0 Å². The Kier molecular flexibility index (Phi) is 5.88. The van der Waals surface area contributed by atoms with Crippen molar-refractivity contribution < 1.29 is 14.1 Å². The molecule has 1 fully saturated rings. The van der Waals surface area contributed by atoms with Gasteiger partial charge in [0.25, 0.3) is 5.91 Å². The van der Waals surface area contributed by atoms with Gasteiger partial charge in [-0.25, -0.2) is 9.97 Å². The maximum absolute atomic E-state index is 13.0. The van der Waals surface area contributed by atoms with Gasteiger partial charge in [0.15, 0.2) is 0 Å². The summed E-state index contributed by atoms with van der Waals surface area (Å²) in [6, 6.07) is 9.31. The molecule has 0 unspecified atom stereocenters. The van der Waals surface area contributed by atoms with Gasteiger partial charge in [-0.15, -0.1) is 0 Å². The Hall–Kier alpha value is -3.42. The van der Waals surface area contributed by atoms with Crippen molar-refractivity contribution >= 4 is 11.7 Å². The Morgan fingerprint density at radius 2 is 1.84 bits per heavy atom. The van der Waals surface area contributed by atoms with Crippen LogP contribution < -0.4 is 9.64 Å². The lowest BCUT2D eigenvalue weighted by Gasteiger charge is -2.35. The number of ether oxygens (including phenoxy) is 1. The minimum absolute atomic E-state index is 0.0116. The maximum atomic E-state index is 13.0. The lowest BCUT2D eigenvalue weighted by molar-refractivity contribution is 0.0746. The fourth-order valence-electron chi connectivity index (χ4n) is 3.76. The number of rotatable bonds is 5. The first-order valence-electron chi connectivity index (χ1n) is 10.4. The molecule has 0 spiro atoms. The molecule has 0 N–H and O–H groups in total. The molecule has 162 valence electrons. The number of carbonyl (C=O) groups excluding carboxylic acids is 1. The molecule has 3 heterocycles. The molecule has 8 heteroatoms. The standard InChI is InChI=1S/C23H27N5O3/c1-15-12-22(25-18(4)24-15)27-8-10-28(11-9-27)23(29)19-6-5-7-20(13-19)30-14-21-16(2)26-31-17(21)3/h5-7,12-13H,8-11,14H2,1-4H3. The van der Waals surface area contributed by atoms with E-state index in [1.54, 1.807) is 6.07 Å². The van der Waals surface area contributed by atoms with E-state index in [0.29, 0.717) is 31.0 Å². The maximum Gasteiger partial charge on any atom is 0.254 e. The molecule has 1 aliphatic heterocycles. The molecule has 1 aromatic carbocycles. The van der Waals surface area contributed by atoms with E-state index in [4.69, 9.17) is 9.26 Å². The number of benzene rings is 1. The van der Waals surface area contributed by atoms with Crippen molar-refractivity contribution in [1.82, 2.24) is 20.0 Å². The molecular formula is C23H27N5O3. The van der Waals surface area contributed by atoms with Crippen LogP contribution in [0.25, 0.3) is 0 Å². The van der Waals surface area contributed by atoms with E-state index in [1.165, 1.54) is 0 Å². The minimum Gasteiger partial charge on any atom is -0.489 e. The molecule has 0 bridgehead atoms. The van der Waals surface area contributed by atoms with Gasteiger partial charge < -0.3 is 19.1 Å². The number of nitrogens with zero attached hydrogens (tertiary/aromatic N) is 5. The van der Waals surface area contributed by atoms with E-state index in [2.05, 4.69) is 20.0 Å². The normalized spacial score (nSPS) is 14.1. The number of hydrogen-bond acceptors (Lipinski definition) is 7. The number of aromatic nitrogens is 3. The molecule has 1 saturated heterocycles. The highest BCUT2D eigenvalue weighted by Gasteiger charge is 2.23. The van der Waals surface area contributed by atoms with Crippen LogP contribution in [0.3, 0.4) is 0 Å². The molecule has 1 amide bonds. The number of hydrogen-bond donors (Lipinski definition) is 0. The monoisotopic (exact) mass is 421 g/mol. The summed E-state index contributed by atoms with van der Waals surface area (Å²) in [5.74, 6) is 3.10. The fraction of sp³-hybridized carbons (Fsp3) is 0.391. The van der Waals surface area contributed by atoms with Crippen LogP contribution in [0.1, 0.15) is 38.9 Å². The van der Waals surface area contributed by atoms with Gasteiger partial charge in [0.2, 0.25) is 0 Å². The van der Waals surface area contributed by atoms with Crippen molar-refractivity contribution in [3.05, 3.63) is 64.4 Å². The molecule has 8 nitrogen and oxygen atoms in total. The Balaban J connectivity index is 1.38. The molecule has 0 atom stereocenters. The summed E-state index contributed by atoms with van der Waals surface area (Å²) in [4.78, 5) is 26.0. The van der Waals surface area contributed by atoms with Crippen molar-refractivity contribution in [2.75, 3.05) is 31.1 Å². The SMILES string of the molecule is Cc1cc(N2CCN(C(=O)c3cccc(OCc4c(C)noc4C)c3)CC2)nc(C)n1. The minimum atomic E-state index is 0.0116. The van der Waals surface area contributed by atoms with Crippen LogP contribution in [0, 0.1) is 27.7 Å². The summed E-state index contributed by atoms with van der Waals surface area (Å²) < 4.78 is 11.1. The molecule has 0 saturated carbocycles. The highest BCUT2D eigenvalue weighted by Crippen LogP contribution is 2.21. The Bertz CT molecular complexity index is 1050. The molecule has 1 aliphatic rings. The molecule has 3 aromatic rings. The highest BCUT2D eigenvalue weighted by atomic mass is 16.5. The summed E-state index contributed by atoms with van der Waals surface area (Å²) in [5.41, 5.74) is 3.33. The van der Waals surface area contributed by atoms with E-state index in [0.717, 1.165) is 47.4 Å². The summed E-state index contributed by atoms with van der Waals surface area (Å²) in [6.07, 6.45) is 0. The average Bonchev–Trinajstić information content (AvgIpc) is 3.08. The van der Waals surface area contributed by atoms with Gasteiger partial charge in [-0.05, 0) is 45.9 Å². The highest BCUT2D eigenvalue weighted by molar-refractivity contribution is 5.94. The van der Waals surface area contributed by atoms with Crippen molar-refractivity contribution in [3.63, 3.8) is 0 Å². The Labute approximate surface area is 181 Å². The summed E-state index contributed by atoms with van der Waals surface area (Å²) in [7, 11) is 0. The van der Waals surface area contributed by atoms with E-state index in [1.807, 2.05) is 56.9 Å². The van der Waals surface area contributed by atoms with Crippen LogP contribution in [0.5, 0.6) is 5.75 Å². The quantitative estimate of drug-likeness (QED) is 0.625. The van der Waals surface area contributed by atoms with Crippen LogP contribution in [0.4, 0.5) is 5.82 Å². The zero-order chi connectivity index (χ0) is 22.0. The van der Waals surface area contributed by atoms with Crippen molar-refractivity contribution in [3.8, 4) is 5.75 Å². The lowest BCUT2D eigenvalue weighted by atomic mass is 10.1. The number of aryl methyl sites for hydroxylation is 4. The Morgan fingerprint density at radius 3 is 2.52 bits per heavy atom. The van der Waals surface area contributed by atoms with E-state index in [9.17, 15) is 4.79 Å². The molecular weight excluding hydrogens is 394 g/mol.